The van der Waals surface area contributed by atoms with Gasteiger partial charge < -0.3 is 5.32 Å². The van der Waals surface area contributed by atoms with Gasteiger partial charge in [0.15, 0.2) is 0 Å². The van der Waals surface area contributed by atoms with Crippen LogP contribution in [-0.2, 0) is 14.8 Å². The van der Waals surface area contributed by atoms with Crippen LogP contribution in [0.25, 0.3) is 0 Å². The molecule has 1 N–H and O–H groups in total. The Morgan fingerprint density at radius 2 is 1.48 bits per heavy atom. The number of rotatable bonds is 8. The van der Waals surface area contributed by atoms with Crippen LogP contribution in [0, 0.1) is 18.8 Å². The number of anilines is 1. The average molecular weight is 437 g/mol. The monoisotopic (exact) mass is 436 g/mol. The van der Waals surface area contributed by atoms with Crippen molar-refractivity contribution in [2.45, 2.75) is 45.6 Å². The van der Waals surface area contributed by atoms with Crippen LogP contribution in [0.1, 0.15) is 33.3 Å². The van der Waals surface area contributed by atoms with Gasteiger partial charge >= 0.3 is 0 Å². The Balaban J connectivity index is 2.39. The molecule has 0 aliphatic rings. The molecule has 2 aromatic rings. The molecule has 7 heteroatoms. The van der Waals surface area contributed by atoms with Crippen molar-refractivity contribution in [3.8, 4) is 0 Å². The van der Waals surface area contributed by atoms with E-state index in [-0.39, 0.29) is 35.2 Å². The Labute approximate surface area is 179 Å². The van der Waals surface area contributed by atoms with Crippen LogP contribution < -0.4 is 9.62 Å². The van der Waals surface area contributed by atoms with Crippen molar-refractivity contribution in [2.24, 2.45) is 11.8 Å². The molecular weight excluding hydrogens is 408 g/mol. The second-order valence-electron chi connectivity index (χ2n) is 7.88. The lowest BCUT2D eigenvalue weighted by molar-refractivity contribution is -0.121. The van der Waals surface area contributed by atoms with E-state index in [1.807, 2.05) is 34.6 Å². The van der Waals surface area contributed by atoms with E-state index in [4.69, 9.17) is 11.6 Å². The van der Waals surface area contributed by atoms with Crippen LogP contribution in [0.3, 0.4) is 0 Å². The van der Waals surface area contributed by atoms with E-state index in [2.05, 4.69) is 5.32 Å². The zero-order valence-electron chi connectivity index (χ0n) is 17.5. The maximum atomic E-state index is 13.3. The topological polar surface area (TPSA) is 66.5 Å². The molecule has 2 rings (SSSR count). The lowest BCUT2D eigenvalue weighted by Gasteiger charge is -2.29. The minimum atomic E-state index is -3.93. The lowest BCUT2D eigenvalue weighted by atomic mass is 9.93. The second-order valence-corrected chi connectivity index (χ2v) is 10.2. The zero-order chi connectivity index (χ0) is 21.8. The van der Waals surface area contributed by atoms with E-state index in [9.17, 15) is 13.2 Å². The van der Waals surface area contributed by atoms with Crippen LogP contribution >= 0.6 is 11.6 Å². The molecule has 0 aliphatic carbocycles. The van der Waals surface area contributed by atoms with Crippen molar-refractivity contribution in [1.82, 2.24) is 5.32 Å². The molecule has 0 heterocycles. The Bertz CT molecular complexity index is 916. The minimum Gasteiger partial charge on any atom is -0.351 e. The number of nitrogens with one attached hydrogen (secondary N) is 1. The summed E-state index contributed by atoms with van der Waals surface area (Å²) in [5, 5.41) is 3.48. The van der Waals surface area contributed by atoms with E-state index in [0.717, 1.165) is 9.87 Å². The summed E-state index contributed by atoms with van der Waals surface area (Å²) in [6, 6.07) is 13.0. The third kappa shape index (κ3) is 5.97. The fraction of sp³-hybridized carbons (Fsp3) is 0.409. The fourth-order valence-electron chi connectivity index (χ4n) is 3.22. The third-order valence-electron chi connectivity index (χ3n) is 4.77. The zero-order valence-corrected chi connectivity index (χ0v) is 19.1. The summed E-state index contributed by atoms with van der Waals surface area (Å²) in [4.78, 5) is 12.9. The first-order valence-corrected chi connectivity index (χ1v) is 11.5. The maximum Gasteiger partial charge on any atom is 0.264 e. The van der Waals surface area contributed by atoms with Crippen LogP contribution in [0.2, 0.25) is 5.02 Å². The molecule has 0 unspecified atom stereocenters. The standard InChI is InChI=1S/C22H29ClN2O3S/c1-15(2)22(16(3)4)24-21(26)14-25(19-10-8-18(23)9-11-19)29(27,28)20-12-6-17(5)7-13-20/h6-13,15-16,22H,14H2,1-5H3,(H,24,26). The molecule has 0 atom stereocenters. The fourth-order valence-corrected chi connectivity index (χ4v) is 4.77. The largest absolute Gasteiger partial charge is 0.351 e. The van der Waals surface area contributed by atoms with Gasteiger partial charge in [0.25, 0.3) is 10.0 Å². The summed E-state index contributed by atoms with van der Waals surface area (Å²) >= 11 is 5.96. The van der Waals surface area contributed by atoms with Crippen molar-refractivity contribution < 1.29 is 13.2 Å². The number of halogens is 1. The summed E-state index contributed by atoms with van der Waals surface area (Å²) < 4.78 is 27.8. The highest BCUT2D eigenvalue weighted by Crippen LogP contribution is 2.25. The molecule has 0 aliphatic heterocycles. The molecular formula is C22H29ClN2O3S. The quantitative estimate of drug-likeness (QED) is 0.655. The van der Waals surface area contributed by atoms with E-state index < -0.39 is 10.0 Å². The van der Waals surface area contributed by atoms with Gasteiger partial charge in [-0.3, -0.25) is 9.10 Å². The van der Waals surface area contributed by atoms with E-state index >= 15 is 0 Å². The summed E-state index contributed by atoms with van der Waals surface area (Å²) in [5.41, 5.74) is 1.34. The number of carbonyl (C=O) groups excluding carboxylic acids is 1. The minimum absolute atomic E-state index is 0.0448. The predicted molar refractivity (Wildman–Crippen MR) is 119 cm³/mol. The average Bonchev–Trinajstić information content (AvgIpc) is 2.65. The molecule has 2 aromatic carbocycles. The van der Waals surface area contributed by atoms with Crippen molar-refractivity contribution in [2.75, 3.05) is 10.8 Å². The van der Waals surface area contributed by atoms with Gasteiger partial charge in [-0.2, -0.15) is 0 Å². The number of carbonyl (C=O) groups is 1. The predicted octanol–water partition coefficient (Wildman–Crippen LogP) is 4.64. The molecule has 1 amide bonds. The number of sulfonamides is 1. The molecule has 0 fully saturated rings. The number of hydrogen-bond acceptors (Lipinski definition) is 3. The van der Waals surface area contributed by atoms with Crippen molar-refractivity contribution in [3.05, 3.63) is 59.1 Å². The summed E-state index contributed by atoms with van der Waals surface area (Å²) in [6.45, 7) is 9.71. The summed E-state index contributed by atoms with van der Waals surface area (Å²) in [5.74, 6) is 0.122. The molecule has 5 nitrogen and oxygen atoms in total. The van der Waals surface area contributed by atoms with Gasteiger partial charge in [-0.1, -0.05) is 57.0 Å². The van der Waals surface area contributed by atoms with Crippen molar-refractivity contribution in [1.29, 1.82) is 0 Å². The van der Waals surface area contributed by atoms with Gasteiger partial charge in [0.2, 0.25) is 5.91 Å². The van der Waals surface area contributed by atoms with Crippen LogP contribution in [0.4, 0.5) is 5.69 Å². The molecule has 0 saturated heterocycles. The molecule has 29 heavy (non-hydrogen) atoms. The lowest BCUT2D eigenvalue weighted by Crippen LogP contribution is -2.47. The van der Waals surface area contributed by atoms with Crippen molar-refractivity contribution >= 4 is 33.2 Å². The van der Waals surface area contributed by atoms with Gasteiger partial charge in [-0.05, 0) is 55.2 Å². The van der Waals surface area contributed by atoms with Crippen LogP contribution in [-0.4, -0.2) is 26.9 Å². The Morgan fingerprint density at radius 3 is 1.97 bits per heavy atom. The number of aryl methyl sites for hydroxylation is 1. The van der Waals surface area contributed by atoms with E-state index in [0.29, 0.717) is 10.7 Å². The molecule has 0 spiro atoms. The summed E-state index contributed by atoms with van der Waals surface area (Å²) in [6.07, 6.45) is 0. The number of hydrogen-bond donors (Lipinski definition) is 1. The Kier molecular flexibility index (Phi) is 7.72. The SMILES string of the molecule is Cc1ccc(S(=O)(=O)N(CC(=O)NC(C(C)C)C(C)C)c2ccc(Cl)cc2)cc1. The normalized spacial score (nSPS) is 11.9. The molecule has 0 aromatic heterocycles. The first kappa shape index (κ1) is 23.2. The second kappa shape index (κ2) is 9.63. The van der Waals surface area contributed by atoms with Gasteiger partial charge in [0, 0.05) is 11.1 Å². The number of nitrogens with zero attached hydrogens (tertiary/aromatic N) is 1. The van der Waals surface area contributed by atoms with Gasteiger partial charge in [-0.25, -0.2) is 8.42 Å². The number of benzene rings is 2. The maximum absolute atomic E-state index is 13.3. The highest BCUT2D eigenvalue weighted by Gasteiger charge is 2.29. The molecule has 158 valence electrons. The van der Waals surface area contributed by atoms with Crippen LogP contribution in [0.15, 0.2) is 53.4 Å². The third-order valence-corrected chi connectivity index (χ3v) is 6.81. The smallest absolute Gasteiger partial charge is 0.264 e. The molecule has 0 radical (unpaired) electrons. The molecule has 0 bridgehead atoms. The highest BCUT2D eigenvalue weighted by atomic mass is 35.5. The first-order chi connectivity index (χ1) is 13.5. The first-order valence-electron chi connectivity index (χ1n) is 9.66. The Hall–Kier alpha value is -2.05. The van der Waals surface area contributed by atoms with E-state index in [1.165, 1.54) is 0 Å². The van der Waals surface area contributed by atoms with Gasteiger partial charge in [-0.15, -0.1) is 0 Å². The molecule has 0 saturated carbocycles. The van der Waals surface area contributed by atoms with Gasteiger partial charge in [0.1, 0.15) is 6.54 Å². The van der Waals surface area contributed by atoms with Gasteiger partial charge in [0.05, 0.1) is 10.6 Å². The Morgan fingerprint density at radius 1 is 0.966 bits per heavy atom. The number of amides is 1. The van der Waals surface area contributed by atoms with Crippen molar-refractivity contribution in [3.63, 3.8) is 0 Å². The summed E-state index contributed by atoms with van der Waals surface area (Å²) in [7, 11) is -3.93. The van der Waals surface area contributed by atoms with Crippen LogP contribution in [0.5, 0.6) is 0 Å². The highest BCUT2D eigenvalue weighted by molar-refractivity contribution is 7.92. The van der Waals surface area contributed by atoms with E-state index in [1.54, 1.807) is 48.5 Å².